The van der Waals surface area contributed by atoms with E-state index in [1.165, 1.54) is 25.1 Å². The summed E-state index contributed by atoms with van der Waals surface area (Å²) in [7, 11) is 0. The van der Waals surface area contributed by atoms with Crippen molar-refractivity contribution in [3.05, 3.63) is 89.3 Å². The first kappa shape index (κ1) is 30.3. The Bertz CT molecular complexity index is 1610. The van der Waals surface area contributed by atoms with E-state index in [0.29, 0.717) is 16.9 Å². The van der Waals surface area contributed by atoms with E-state index in [-0.39, 0.29) is 31.4 Å². The van der Waals surface area contributed by atoms with E-state index in [2.05, 4.69) is 0 Å². The van der Waals surface area contributed by atoms with Crippen LogP contribution in [0, 0.1) is 28.5 Å². The number of benzene rings is 2. The molecular formula is C35H35F3O7. The Kier molecular flexibility index (Phi) is 6.98. The number of rotatable bonds is 6. The van der Waals surface area contributed by atoms with Gasteiger partial charge in [-0.2, -0.15) is 0 Å². The first-order chi connectivity index (χ1) is 21.4. The van der Waals surface area contributed by atoms with Crippen molar-refractivity contribution in [2.24, 2.45) is 22.7 Å². The van der Waals surface area contributed by atoms with Crippen LogP contribution in [0.5, 0.6) is 5.75 Å². The summed E-state index contributed by atoms with van der Waals surface area (Å²) in [6.45, 7) is 2.28. The minimum atomic E-state index is -2.34. The minimum Gasteiger partial charge on any atom is -0.489 e. The van der Waals surface area contributed by atoms with Crippen LogP contribution in [0.1, 0.15) is 50.5 Å². The quantitative estimate of drug-likeness (QED) is 0.464. The van der Waals surface area contributed by atoms with E-state index in [0.717, 1.165) is 6.08 Å². The van der Waals surface area contributed by atoms with Crippen molar-refractivity contribution in [1.29, 1.82) is 0 Å². The SMILES string of the molecule is C[C@]12C=CC(=O)C=C1[C@@H](F)C[C@H]1[C@@H]3C[C@H]4O[C@@H](c5ccc(COc6ccccc6)c(F)c5)O[C@@]4(C(=O)CO)[C@@]3(C)C[C@H](O)[C@@]12F. The summed E-state index contributed by atoms with van der Waals surface area (Å²) in [5, 5.41) is 21.8. The number of aliphatic hydroxyl groups is 2. The van der Waals surface area contributed by atoms with Crippen LogP contribution >= 0.6 is 0 Å². The number of alkyl halides is 2. The molecule has 1 aliphatic heterocycles. The van der Waals surface area contributed by atoms with Crippen LogP contribution in [0.3, 0.4) is 0 Å². The summed E-state index contributed by atoms with van der Waals surface area (Å²) in [6, 6.07) is 13.4. The first-order valence-corrected chi connectivity index (χ1v) is 15.3. The van der Waals surface area contributed by atoms with E-state index in [1.54, 1.807) is 31.2 Å². The molecule has 238 valence electrons. The highest BCUT2D eigenvalue weighted by Crippen LogP contribution is 2.72. The molecule has 2 aromatic carbocycles. The van der Waals surface area contributed by atoms with Gasteiger partial charge in [0.05, 0.1) is 12.2 Å². The lowest BCUT2D eigenvalue weighted by atomic mass is 9.44. The number of aliphatic hydroxyl groups excluding tert-OH is 2. The second kappa shape index (κ2) is 10.4. The Morgan fingerprint density at radius 1 is 1.11 bits per heavy atom. The molecule has 0 spiro atoms. The monoisotopic (exact) mass is 624 g/mol. The van der Waals surface area contributed by atoms with Crippen LogP contribution in [-0.4, -0.2) is 58.0 Å². The molecule has 1 saturated heterocycles. The second-order valence-electron chi connectivity index (χ2n) is 13.4. The number of allylic oxidation sites excluding steroid dienone is 4. The third-order valence-electron chi connectivity index (χ3n) is 11.4. The molecule has 3 saturated carbocycles. The highest BCUT2D eigenvalue weighted by Gasteiger charge is 2.80. The Hall–Kier alpha value is -3.31. The molecule has 2 N–H and O–H groups in total. The molecule has 0 amide bonds. The minimum absolute atomic E-state index is 0.00273. The molecule has 10 atom stereocenters. The lowest BCUT2D eigenvalue weighted by molar-refractivity contribution is -0.235. The van der Waals surface area contributed by atoms with Crippen LogP contribution < -0.4 is 4.74 Å². The second-order valence-corrected chi connectivity index (χ2v) is 13.4. The van der Waals surface area contributed by atoms with Crippen molar-refractivity contribution in [3.63, 3.8) is 0 Å². The fraction of sp³-hybridized carbons (Fsp3) is 0.486. The van der Waals surface area contributed by atoms with Crippen molar-refractivity contribution in [1.82, 2.24) is 0 Å². The smallest absolute Gasteiger partial charge is 0.193 e. The predicted octanol–water partition coefficient (Wildman–Crippen LogP) is 5.05. The maximum Gasteiger partial charge on any atom is 0.193 e. The van der Waals surface area contributed by atoms with Gasteiger partial charge in [0, 0.05) is 27.9 Å². The van der Waals surface area contributed by atoms with Crippen LogP contribution in [0.2, 0.25) is 0 Å². The topological polar surface area (TPSA) is 102 Å². The van der Waals surface area contributed by atoms with Gasteiger partial charge in [-0.1, -0.05) is 43.3 Å². The number of carbonyl (C=O) groups is 2. The highest BCUT2D eigenvalue weighted by atomic mass is 19.1. The number of para-hydroxylation sites is 1. The van der Waals surface area contributed by atoms with E-state index >= 15 is 13.2 Å². The lowest BCUT2D eigenvalue weighted by Crippen LogP contribution is -2.70. The number of hydrogen-bond acceptors (Lipinski definition) is 7. The Labute approximate surface area is 258 Å². The molecule has 4 aliphatic carbocycles. The third kappa shape index (κ3) is 4.05. The van der Waals surface area contributed by atoms with E-state index in [4.69, 9.17) is 14.2 Å². The standard InChI is InChI=1S/C35H35F3O7/c1-32-11-10-21(40)13-25(32)27(37)14-24-23-15-30-35(29(42)17-39,33(23,2)16-28(41)34(24,32)38)45-31(44-30)19-8-9-20(26(36)12-19)18-43-22-6-4-3-5-7-22/h3-13,23-24,27-28,30-31,39,41H,14-18H2,1-2H3/t23-,24-,27-,28-,30+,31+,32-,33-,34-,35+/m0/s1. The van der Waals surface area contributed by atoms with Gasteiger partial charge in [0.15, 0.2) is 29.1 Å². The van der Waals surface area contributed by atoms with Gasteiger partial charge in [-0.15, -0.1) is 0 Å². The van der Waals surface area contributed by atoms with Crippen molar-refractivity contribution < 1.29 is 47.2 Å². The van der Waals surface area contributed by atoms with E-state index in [1.807, 2.05) is 18.2 Å². The average molecular weight is 625 g/mol. The molecule has 7 nitrogen and oxygen atoms in total. The van der Waals surface area contributed by atoms with Gasteiger partial charge in [0.1, 0.15) is 31.0 Å². The molecule has 0 aromatic heterocycles. The molecule has 7 rings (SSSR count). The molecule has 5 aliphatic rings. The molecule has 0 bridgehead atoms. The summed E-state index contributed by atoms with van der Waals surface area (Å²) >= 11 is 0. The Morgan fingerprint density at radius 3 is 2.58 bits per heavy atom. The molecule has 0 unspecified atom stereocenters. The van der Waals surface area contributed by atoms with Gasteiger partial charge < -0.3 is 24.4 Å². The highest BCUT2D eigenvalue weighted by molar-refractivity contribution is 6.01. The van der Waals surface area contributed by atoms with Gasteiger partial charge in [-0.25, -0.2) is 13.2 Å². The van der Waals surface area contributed by atoms with Crippen molar-refractivity contribution in [3.8, 4) is 5.75 Å². The molecule has 2 aromatic rings. The average Bonchev–Trinajstić information content (AvgIpc) is 3.52. The number of halogens is 3. The molecular weight excluding hydrogens is 589 g/mol. The van der Waals surface area contributed by atoms with Crippen LogP contribution in [-0.2, 0) is 25.7 Å². The van der Waals surface area contributed by atoms with Crippen LogP contribution in [0.25, 0.3) is 0 Å². The predicted molar refractivity (Wildman–Crippen MR) is 155 cm³/mol. The molecule has 1 heterocycles. The van der Waals surface area contributed by atoms with Gasteiger partial charge in [0.2, 0.25) is 0 Å². The van der Waals surface area contributed by atoms with Gasteiger partial charge in [-0.05, 0) is 68.0 Å². The zero-order chi connectivity index (χ0) is 31.9. The maximum absolute atomic E-state index is 17.5. The van der Waals surface area contributed by atoms with Crippen molar-refractivity contribution in [2.45, 2.75) is 75.7 Å². The summed E-state index contributed by atoms with van der Waals surface area (Å²) < 4.78 is 66.9. The van der Waals surface area contributed by atoms with Gasteiger partial charge in [-0.3, -0.25) is 9.59 Å². The number of carbonyl (C=O) groups excluding carboxylic acids is 2. The summed E-state index contributed by atoms with van der Waals surface area (Å²) in [5.41, 5.74) is -6.39. The van der Waals surface area contributed by atoms with E-state index in [9.17, 15) is 19.8 Å². The molecule has 0 radical (unpaired) electrons. The zero-order valence-corrected chi connectivity index (χ0v) is 24.9. The van der Waals surface area contributed by atoms with E-state index < -0.39 is 82.6 Å². The Morgan fingerprint density at radius 2 is 1.87 bits per heavy atom. The van der Waals surface area contributed by atoms with Gasteiger partial charge >= 0.3 is 0 Å². The normalized spacial score (nSPS) is 41.5. The summed E-state index contributed by atoms with van der Waals surface area (Å²) in [6.07, 6.45) is -2.22. The number of hydrogen-bond donors (Lipinski definition) is 2. The number of ketones is 2. The third-order valence-corrected chi connectivity index (χ3v) is 11.4. The lowest BCUT2D eigenvalue weighted by Gasteiger charge is -2.63. The number of Topliss-reactive ketones (excluding diaryl/α,β-unsaturated/α-hetero) is 1. The number of fused-ring (bicyclic) bond motifs is 7. The summed E-state index contributed by atoms with van der Waals surface area (Å²) in [4.78, 5) is 25.8. The number of ether oxygens (including phenoxy) is 3. The fourth-order valence-electron chi connectivity index (χ4n) is 9.22. The Balaban J connectivity index is 1.20. The van der Waals surface area contributed by atoms with Crippen LogP contribution in [0.15, 0.2) is 72.3 Å². The van der Waals surface area contributed by atoms with Crippen LogP contribution in [0.4, 0.5) is 13.2 Å². The zero-order valence-electron chi connectivity index (χ0n) is 24.9. The molecule has 10 heteroatoms. The summed E-state index contributed by atoms with van der Waals surface area (Å²) in [5.74, 6) is -2.85. The largest absolute Gasteiger partial charge is 0.489 e. The molecule has 45 heavy (non-hydrogen) atoms. The fourth-order valence-corrected chi connectivity index (χ4v) is 9.22. The molecule has 4 fully saturated rings. The van der Waals surface area contributed by atoms with Gasteiger partial charge in [0.25, 0.3) is 0 Å². The maximum atomic E-state index is 17.5. The van der Waals surface area contributed by atoms with Crippen molar-refractivity contribution in [2.75, 3.05) is 6.61 Å². The van der Waals surface area contributed by atoms with Crippen molar-refractivity contribution >= 4 is 11.6 Å². The first-order valence-electron chi connectivity index (χ1n) is 15.3.